The number of primary amides is 1. The van der Waals surface area contributed by atoms with Gasteiger partial charge in [0, 0.05) is 29.5 Å². The van der Waals surface area contributed by atoms with Crippen molar-refractivity contribution in [3.63, 3.8) is 0 Å². The van der Waals surface area contributed by atoms with E-state index in [1.807, 2.05) is 6.92 Å². The van der Waals surface area contributed by atoms with Crippen LogP contribution in [0.2, 0.25) is 0 Å². The number of carboxylic acid groups (broad SMARTS) is 1. The Labute approximate surface area is 177 Å². The van der Waals surface area contributed by atoms with Crippen molar-refractivity contribution >= 4 is 41.2 Å². The van der Waals surface area contributed by atoms with E-state index in [1.165, 1.54) is 0 Å². The van der Waals surface area contributed by atoms with Crippen molar-refractivity contribution in [2.45, 2.75) is 49.1 Å². The fourth-order valence-corrected chi connectivity index (χ4v) is 8.19. The van der Waals surface area contributed by atoms with Gasteiger partial charge in [0.25, 0.3) is 0 Å². The van der Waals surface area contributed by atoms with E-state index in [0.29, 0.717) is 5.75 Å². The number of aliphatic hydroxyl groups excluding tert-OH is 1. The van der Waals surface area contributed by atoms with Crippen molar-refractivity contribution < 1.29 is 24.6 Å². The van der Waals surface area contributed by atoms with Gasteiger partial charge < -0.3 is 21.3 Å². The molecule has 0 radical (unpaired) electrons. The minimum Gasteiger partial charge on any atom is -0.478 e. The molecule has 1 amide bonds. The number of hydrogen-bond acceptors (Lipinski definition) is 8. The van der Waals surface area contributed by atoms with E-state index in [1.54, 1.807) is 30.4 Å². The molecule has 6 N–H and O–H groups in total. The van der Waals surface area contributed by atoms with Crippen molar-refractivity contribution in [1.29, 1.82) is 0 Å². The Hall–Kier alpha value is -1.07. The first-order valence-corrected chi connectivity index (χ1v) is 11.9. The van der Waals surface area contributed by atoms with Gasteiger partial charge in [-0.3, -0.25) is 14.9 Å². The third-order valence-corrected chi connectivity index (χ3v) is 9.57. The van der Waals surface area contributed by atoms with Crippen molar-refractivity contribution in [2.75, 3.05) is 12.3 Å². The Bertz CT molecular complexity index is 773. The molecule has 29 heavy (non-hydrogen) atoms. The smallest absolute Gasteiger partial charge is 0.333 e. The molecule has 4 aliphatic rings. The first-order chi connectivity index (χ1) is 13.7. The number of nitrogens with one attached hydrogen (secondary N) is 2. The molecule has 8 nitrogen and oxygen atoms in total. The highest BCUT2D eigenvalue weighted by molar-refractivity contribution is 8.03. The second-order valence-corrected chi connectivity index (χ2v) is 11.0. The fourth-order valence-electron chi connectivity index (χ4n) is 5.28. The summed E-state index contributed by atoms with van der Waals surface area (Å²) in [5, 5.41) is 26.8. The number of carboxylic acids is 1. The van der Waals surface area contributed by atoms with Crippen LogP contribution in [-0.4, -0.2) is 69.0 Å². The van der Waals surface area contributed by atoms with Gasteiger partial charge in [-0.05, 0) is 30.1 Å². The topological polar surface area (TPSA) is 142 Å². The first-order valence-electron chi connectivity index (χ1n) is 9.96. The van der Waals surface area contributed by atoms with E-state index in [0.717, 1.165) is 17.9 Å². The molecule has 9 atom stereocenters. The average Bonchev–Trinajstić information content (AvgIpc) is 3.33. The molecule has 2 aliphatic carbocycles. The Morgan fingerprint density at radius 3 is 2.69 bits per heavy atom. The number of ketones is 1. The van der Waals surface area contributed by atoms with E-state index >= 15 is 0 Å². The van der Waals surface area contributed by atoms with Crippen LogP contribution < -0.4 is 16.4 Å². The van der Waals surface area contributed by atoms with E-state index in [2.05, 4.69) is 10.6 Å². The van der Waals surface area contributed by atoms with Gasteiger partial charge in [0.05, 0.1) is 29.0 Å². The normalized spacial score (nSPS) is 42.7. The minimum absolute atomic E-state index is 0.0503. The van der Waals surface area contributed by atoms with Gasteiger partial charge >= 0.3 is 5.97 Å². The Kier molecular flexibility index (Phi) is 5.75. The van der Waals surface area contributed by atoms with Crippen LogP contribution in [-0.2, 0) is 14.4 Å². The summed E-state index contributed by atoms with van der Waals surface area (Å²) in [6, 6.07) is -0.135. The van der Waals surface area contributed by atoms with Gasteiger partial charge in [0.1, 0.15) is 5.78 Å². The Balaban J connectivity index is 1.45. The van der Waals surface area contributed by atoms with Crippen LogP contribution in [0.25, 0.3) is 0 Å². The van der Waals surface area contributed by atoms with Crippen molar-refractivity contribution in [3.8, 4) is 0 Å². The van der Waals surface area contributed by atoms with Gasteiger partial charge in [-0.25, -0.2) is 4.79 Å². The molecular formula is C19H27N3O5S2. The molecular weight excluding hydrogens is 414 g/mol. The second-order valence-electron chi connectivity index (χ2n) is 8.46. The van der Waals surface area contributed by atoms with Crippen molar-refractivity contribution in [3.05, 3.63) is 10.5 Å². The number of aliphatic carboxylic acids is 1. The summed E-state index contributed by atoms with van der Waals surface area (Å²) >= 11 is 3.25. The highest BCUT2D eigenvalue weighted by Gasteiger charge is 2.61. The molecule has 3 fully saturated rings. The molecule has 4 rings (SSSR count). The van der Waals surface area contributed by atoms with E-state index in [4.69, 9.17) is 5.73 Å². The third-order valence-electron chi connectivity index (χ3n) is 6.69. The summed E-state index contributed by atoms with van der Waals surface area (Å²) in [5.41, 5.74) is 5.62. The molecule has 0 aromatic rings. The molecule has 9 unspecified atom stereocenters. The maximum Gasteiger partial charge on any atom is 0.333 e. The zero-order chi connectivity index (χ0) is 21.0. The lowest BCUT2D eigenvalue weighted by Crippen LogP contribution is -2.53. The predicted molar refractivity (Wildman–Crippen MR) is 111 cm³/mol. The molecule has 0 aromatic heterocycles. The number of amides is 1. The van der Waals surface area contributed by atoms with Crippen LogP contribution in [0.4, 0.5) is 0 Å². The quantitative estimate of drug-likeness (QED) is 0.378. The number of carbonyl (C=O) groups excluding carboxylic acids is 2. The maximum absolute atomic E-state index is 12.5. The monoisotopic (exact) mass is 441 g/mol. The van der Waals surface area contributed by atoms with Crippen molar-refractivity contribution in [1.82, 2.24) is 10.6 Å². The number of fused-ring (bicyclic) bond motifs is 1. The van der Waals surface area contributed by atoms with Crippen LogP contribution in [0.1, 0.15) is 20.3 Å². The third kappa shape index (κ3) is 3.52. The van der Waals surface area contributed by atoms with Crippen LogP contribution >= 0.6 is 23.5 Å². The zero-order valence-electron chi connectivity index (χ0n) is 16.3. The summed E-state index contributed by atoms with van der Waals surface area (Å²) in [6.45, 7) is 4.32. The lowest BCUT2D eigenvalue weighted by molar-refractivity contribution is -0.151. The second kappa shape index (κ2) is 7.88. The van der Waals surface area contributed by atoms with Gasteiger partial charge in [-0.1, -0.05) is 6.92 Å². The van der Waals surface area contributed by atoms with Crippen LogP contribution in [0.5, 0.6) is 0 Å². The SMILES string of the molecule is CC(O)C1C(=O)C2C(C(=O)O)=C(SC3CNC(C4NC(C(N)=O)CS4)C3)C(C)C21. The van der Waals surface area contributed by atoms with Gasteiger partial charge in [-0.15, -0.1) is 23.5 Å². The van der Waals surface area contributed by atoms with Crippen LogP contribution in [0.3, 0.4) is 0 Å². The van der Waals surface area contributed by atoms with E-state index in [9.17, 15) is 24.6 Å². The molecule has 0 aromatic carbocycles. The highest BCUT2D eigenvalue weighted by atomic mass is 32.2. The van der Waals surface area contributed by atoms with E-state index in [-0.39, 0.29) is 51.8 Å². The molecule has 2 aliphatic heterocycles. The number of Topliss-reactive ketones (excluding diaryl/α,β-unsaturated/α-hetero) is 1. The lowest BCUT2D eigenvalue weighted by atomic mass is 9.59. The molecule has 160 valence electrons. The van der Waals surface area contributed by atoms with Crippen LogP contribution in [0.15, 0.2) is 10.5 Å². The van der Waals surface area contributed by atoms with Crippen LogP contribution in [0, 0.1) is 23.7 Å². The number of hydrogen-bond donors (Lipinski definition) is 5. The number of aliphatic hydroxyl groups is 1. The average molecular weight is 442 g/mol. The molecule has 0 bridgehead atoms. The van der Waals surface area contributed by atoms with Gasteiger partial charge in [0.2, 0.25) is 5.91 Å². The Morgan fingerprint density at radius 2 is 2.10 bits per heavy atom. The molecule has 0 spiro atoms. The summed E-state index contributed by atoms with van der Waals surface area (Å²) < 4.78 is 0. The summed E-state index contributed by atoms with van der Waals surface area (Å²) in [5.74, 6) is -2.07. The molecule has 10 heteroatoms. The number of allylic oxidation sites excluding steroid dienone is 1. The molecule has 2 heterocycles. The summed E-state index contributed by atoms with van der Waals surface area (Å²) in [7, 11) is 0. The first kappa shape index (κ1) is 21.2. The Morgan fingerprint density at radius 1 is 1.38 bits per heavy atom. The number of carbonyl (C=O) groups is 3. The number of thioether (sulfide) groups is 2. The fraction of sp³-hybridized carbons (Fsp3) is 0.737. The van der Waals surface area contributed by atoms with Crippen molar-refractivity contribution in [2.24, 2.45) is 29.4 Å². The molecule has 1 saturated carbocycles. The van der Waals surface area contributed by atoms with Gasteiger partial charge in [-0.2, -0.15) is 0 Å². The largest absolute Gasteiger partial charge is 0.478 e. The van der Waals surface area contributed by atoms with Gasteiger partial charge in [0.15, 0.2) is 0 Å². The lowest BCUT2D eigenvalue weighted by Gasteiger charge is -2.43. The van der Waals surface area contributed by atoms with E-state index < -0.39 is 23.9 Å². The maximum atomic E-state index is 12.5. The predicted octanol–water partition coefficient (Wildman–Crippen LogP) is -0.233. The zero-order valence-corrected chi connectivity index (χ0v) is 18.0. The highest BCUT2D eigenvalue weighted by Crippen LogP contribution is 2.58. The standard InChI is InChI=1S/C19H27N3O5S2/c1-6-11-12(7(2)23)15(24)13(11)14(19(26)27)16(6)29-8-3-9(21-4-8)18-22-10(5-28-18)17(20)25/h6-13,18,21-23H,3-5H2,1-2H3,(H2,20,25)(H,26,27). The summed E-state index contributed by atoms with van der Waals surface area (Å²) in [4.78, 5) is 36.6. The number of nitrogens with two attached hydrogens (primary N) is 1. The summed E-state index contributed by atoms with van der Waals surface area (Å²) in [6.07, 6.45) is 0.0827. The number of rotatable bonds is 6. The molecule has 2 saturated heterocycles. The minimum atomic E-state index is -1.02.